The van der Waals surface area contributed by atoms with Crippen molar-refractivity contribution < 1.29 is 28.6 Å². The maximum atomic E-state index is 12.1. The molecule has 2 rings (SSSR count). The molecule has 1 aliphatic heterocycles. The van der Waals surface area contributed by atoms with Crippen LogP contribution in [0.1, 0.15) is 51.0 Å². The first-order valence-electron chi connectivity index (χ1n) is 8.16. The maximum Gasteiger partial charge on any atom is 0.329 e. The van der Waals surface area contributed by atoms with Gasteiger partial charge in [0.25, 0.3) is 0 Å². The molecule has 0 saturated heterocycles. The highest BCUT2D eigenvalue weighted by Crippen LogP contribution is 2.45. The van der Waals surface area contributed by atoms with Crippen molar-refractivity contribution in [1.29, 1.82) is 0 Å². The van der Waals surface area contributed by atoms with E-state index in [-0.39, 0.29) is 12.7 Å². The minimum absolute atomic E-state index is 0.0551. The van der Waals surface area contributed by atoms with Gasteiger partial charge in [0.15, 0.2) is 11.5 Å². The molecular weight excluding hydrogens is 333 g/mol. The van der Waals surface area contributed by atoms with Gasteiger partial charge in [-0.25, -0.2) is 0 Å². The predicted molar refractivity (Wildman–Crippen MR) is 90.3 cm³/mol. The summed E-state index contributed by atoms with van der Waals surface area (Å²) in [4.78, 5) is 30.5. The van der Waals surface area contributed by atoms with Gasteiger partial charge in [0.05, 0.1) is 6.16 Å². The molecule has 7 nitrogen and oxygen atoms in total. The monoisotopic (exact) mass is 357 g/mol. The fourth-order valence-electron chi connectivity index (χ4n) is 2.55. The number of benzene rings is 1. The Morgan fingerprint density at radius 2 is 1.83 bits per heavy atom. The SMILES string of the molecule is CCCCCCCC(=O)Nc1cc2c(cc1CP(=O)(O)O)OCO2. The largest absolute Gasteiger partial charge is 0.454 e. The van der Waals surface area contributed by atoms with Crippen LogP contribution in [0, 0.1) is 0 Å². The van der Waals surface area contributed by atoms with Crippen molar-refractivity contribution in [3.05, 3.63) is 17.7 Å². The van der Waals surface area contributed by atoms with Gasteiger partial charge in [-0.15, -0.1) is 0 Å². The Kier molecular flexibility index (Phi) is 6.66. The Morgan fingerprint density at radius 3 is 2.50 bits per heavy atom. The van der Waals surface area contributed by atoms with Crippen molar-refractivity contribution in [2.75, 3.05) is 12.1 Å². The van der Waals surface area contributed by atoms with E-state index >= 15 is 0 Å². The van der Waals surface area contributed by atoms with Crippen LogP contribution < -0.4 is 14.8 Å². The summed E-state index contributed by atoms with van der Waals surface area (Å²) in [5.74, 6) is 0.719. The van der Waals surface area contributed by atoms with E-state index in [1.165, 1.54) is 6.07 Å². The number of fused-ring (bicyclic) bond motifs is 1. The average molecular weight is 357 g/mol. The molecule has 0 atom stereocenters. The van der Waals surface area contributed by atoms with E-state index < -0.39 is 13.8 Å². The van der Waals surface area contributed by atoms with E-state index in [1.807, 2.05) is 0 Å². The summed E-state index contributed by atoms with van der Waals surface area (Å²) < 4.78 is 21.8. The number of hydrogen-bond donors (Lipinski definition) is 3. The van der Waals surface area contributed by atoms with Crippen molar-refractivity contribution in [2.45, 2.75) is 51.6 Å². The Morgan fingerprint density at radius 1 is 1.17 bits per heavy atom. The van der Waals surface area contributed by atoms with Gasteiger partial charge in [0.2, 0.25) is 12.7 Å². The number of amides is 1. The van der Waals surface area contributed by atoms with Gasteiger partial charge < -0.3 is 24.6 Å². The van der Waals surface area contributed by atoms with Crippen molar-refractivity contribution in [3.8, 4) is 11.5 Å². The van der Waals surface area contributed by atoms with Gasteiger partial charge in [-0.05, 0) is 18.1 Å². The summed E-state index contributed by atoms with van der Waals surface area (Å²) in [5.41, 5.74) is 0.702. The highest BCUT2D eigenvalue weighted by molar-refractivity contribution is 7.50. The summed E-state index contributed by atoms with van der Waals surface area (Å²) >= 11 is 0. The van der Waals surface area contributed by atoms with Crippen LogP contribution in [0.2, 0.25) is 0 Å². The minimum Gasteiger partial charge on any atom is -0.454 e. The van der Waals surface area contributed by atoms with Gasteiger partial charge in [-0.2, -0.15) is 0 Å². The zero-order valence-corrected chi connectivity index (χ0v) is 14.7. The number of ether oxygens (including phenoxy) is 2. The molecule has 0 unspecified atom stereocenters. The van der Waals surface area contributed by atoms with Gasteiger partial charge in [-0.3, -0.25) is 9.36 Å². The lowest BCUT2D eigenvalue weighted by atomic mass is 10.1. The van der Waals surface area contributed by atoms with E-state index in [1.54, 1.807) is 6.07 Å². The number of hydrogen-bond acceptors (Lipinski definition) is 4. The van der Waals surface area contributed by atoms with Crippen molar-refractivity contribution in [1.82, 2.24) is 0 Å². The topological polar surface area (TPSA) is 105 Å². The zero-order chi connectivity index (χ0) is 17.6. The first-order valence-corrected chi connectivity index (χ1v) is 9.96. The zero-order valence-electron chi connectivity index (χ0n) is 13.8. The molecule has 0 bridgehead atoms. The molecule has 0 spiro atoms. The Labute approximate surface area is 141 Å². The van der Waals surface area contributed by atoms with Crippen LogP contribution in [0.3, 0.4) is 0 Å². The lowest BCUT2D eigenvalue weighted by molar-refractivity contribution is -0.116. The van der Waals surface area contributed by atoms with Crippen LogP contribution in [0.4, 0.5) is 5.69 Å². The second-order valence-corrected chi connectivity index (χ2v) is 7.54. The highest BCUT2D eigenvalue weighted by Gasteiger charge is 2.23. The average Bonchev–Trinajstić information content (AvgIpc) is 2.93. The molecule has 8 heteroatoms. The van der Waals surface area contributed by atoms with E-state index in [0.29, 0.717) is 29.2 Å². The molecule has 0 aromatic heterocycles. The molecule has 1 amide bonds. The standard InChI is InChI=1S/C16H24NO6P/c1-2-3-4-5-6-7-16(18)17-13-9-15-14(22-11-23-15)8-12(13)10-24(19,20)21/h8-9H,2-7,10-11H2,1H3,(H,17,18)(H2,19,20,21). The number of nitrogens with one attached hydrogen (secondary N) is 1. The molecule has 1 heterocycles. The Bertz CT molecular complexity index is 627. The van der Waals surface area contributed by atoms with Crippen LogP contribution in [0.5, 0.6) is 11.5 Å². The summed E-state index contributed by atoms with van der Waals surface area (Å²) in [6.45, 7) is 2.19. The fraction of sp³-hybridized carbons (Fsp3) is 0.562. The Hall–Kier alpha value is -1.56. The molecule has 0 fully saturated rings. The molecule has 1 aromatic rings. The van der Waals surface area contributed by atoms with E-state index in [0.717, 1.165) is 32.1 Å². The van der Waals surface area contributed by atoms with Crippen LogP contribution in [-0.4, -0.2) is 22.5 Å². The molecule has 0 aliphatic carbocycles. The summed E-state index contributed by atoms with van der Waals surface area (Å²) in [6.07, 6.45) is 5.13. The van der Waals surface area contributed by atoms with Crippen molar-refractivity contribution in [2.24, 2.45) is 0 Å². The van der Waals surface area contributed by atoms with Gasteiger partial charge >= 0.3 is 7.60 Å². The lowest BCUT2D eigenvalue weighted by Crippen LogP contribution is -2.12. The minimum atomic E-state index is -4.26. The maximum absolute atomic E-state index is 12.1. The predicted octanol–water partition coefficient (Wildman–Crippen LogP) is 3.39. The normalized spacial score (nSPS) is 13.1. The fourth-order valence-corrected chi connectivity index (χ4v) is 3.26. The van der Waals surface area contributed by atoms with Crippen LogP contribution in [0.15, 0.2) is 12.1 Å². The summed E-state index contributed by atoms with van der Waals surface area (Å²) in [5, 5.41) is 2.74. The molecule has 24 heavy (non-hydrogen) atoms. The first kappa shape index (κ1) is 18.8. The second-order valence-electron chi connectivity index (χ2n) is 5.90. The summed E-state index contributed by atoms with van der Waals surface area (Å²) in [6, 6.07) is 3.07. The quantitative estimate of drug-likeness (QED) is 0.462. The van der Waals surface area contributed by atoms with Crippen LogP contribution >= 0.6 is 7.60 Å². The second kappa shape index (κ2) is 8.51. The van der Waals surface area contributed by atoms with Crippen LogP contribution in [0.25, 0.3) is 0 Å². The number of carbonyl (C=O) groups excluding carboxylic acids is 1. The van der Waals surface area contributed by atoms with Gasteiger partial charge in [0.1, 0.15) is 0 Å². The van der Waals surface area contributed by atoms with Gasteiger partial charge in [0, 0.05) is 18.2 Å². The number of rotatable bonds is 9. The van der Waals surface area contributed by atoms with Crippen LogP contribution in [-0.2, 0) is 15.5 Å². The van der Waals surface area contributed by atoms with Crippen molar-refractivity contribution >= 4 is 19.2 Å². The lowest BCUT2D eigenvalue weighted by Gasteiger charge is -2.13. The molecule has 134 valence electrons. The number of anilines is 1. The Balaban J connectivity index is 2.02. The van der Waals surface area contributed by atoms with Gasteiger partial charge in [-0.1, -0.05) is 32.6 Å². The highest BCUT2D eigenvalue weighted by atomic mass is 31.2. The molecule has 1 aliphatic rings. The summed E-state index contributed by atoms with van der Waals surface area (Å²) in [7, 11) is -4.26. The number of unbranched alkanes of at least 4 members (excludes halogenated alkanes) is 4. The molecule has 1 aromatic carbocycles. The third-order valence-electron chi connectivity index (χ3n) is 3.76. The number of carbonyl (C=O) groups is 1. The molecule has 0 saturated carbocycles. The molecular formula is C16H24NO6P. The third kappa shape index (κ3) is 5.82. The smallest absolute Gasteiger partial charge is 0.329 e. The molecule has 3 N–H and O–H groups in total. The first-order chi connectivity index (χ1) is 11.4. The third-order valence-corrected chi connectivity index (χ3v) is 4.51. The van der Waals surface area contributed by atoms with E-state index in [9.17, 15) is 19.1 Å². The van der Waals surface area contributed by atoms with E-state index in [2.05, 4.69) is 12.2 Å². The molecule has 0 radical (unpaired) electrons. The van der Waals surface area contributed by atoms with E-state index in [4.69, 9.17) is 9.47 Å². The van der Waals surface area contributed by atoms with Crippen molar-refractivity contribution in [3.63, 3.8) is 0 Å².